The van der Waals surface area contributed by atoms with E-state index < -0.39 is 5.97 Å². The van der Waals surface area contributed by atoms with E-state index >= 15 is 0 Å². The van der Waals surface area contributed by atoms with E-state index in [9.17, 15) is 4.79 Å². The van der Waals surface area contributed by atoms with Crippen molar-refractivity contribution in [3.63, 3.8) is 0 Å². The summed E-state index contributed by atoms with van der Waals surface area (Å²) in [7, 11) is 0. The summed E-state index contributed by atoms with van der Waals surface area (Å²) in [6, 6.07) is 6.26. The Labute approximate surface area is 81.1 Å². The summed E-state index contributed by atoms with van der Waals surface area (Å²) < 4.78 is 10.4. The summed E-state index contributed by atoms with van der Waals surface area (Å²) >= 11 is 0. The van der Waals surface area contributed by atoms with E-state index in [4.69, 9.17) is 14.6 Å². The van der Waals surface area contributed by atoms with Gasteiger partial charge in [-0.15, -0.1) is 0 Å². The van der Waals surface area contributed by atoms with Crippen LogP contribution in [-0.2, 0) is 4.74 Å². The molecule has 2 atom stereocenters. The normalized spacial score (nSPS) is 24.4. The van der Waals surface area contributed by atoms with Crippen molar-refractivity contribution in [2.75, 3.05) is 0 Å². The van der Waals surface area contributed by atoms with E-state index in [0.717, 1.165) is 0 Å². The number of rotatable bonds is 3. The zero-order chi connectivity index (χ0) is 10.1. The molecule has 1 aliphatic heterocycles. The summed E-state index contributed by atoms with van der Waals surface area (Å²) in [5.74, 6) is -0.308. The van der Waals surface area contributed by atoms with Gasteiger partial charge >= 0.3 is 5.97 Å². The lowest BCUT2D eigenvalue weighted by Crippen LogP contribution is -2.01. The van der Waals surface area contributed by atoms with Gasteiger partial charge in [0, 0.05) is 0 Å². The minimum atomic E-state index is -0.937. The van der Waals surface area contributed by atoms with Crippen LogP contribution in [0.5, 0.6) is 5.75 Å². The van der Waals surface area contributed by atoms with Crippen molar-refractivity contribution in [3.05, 3.63) is 29.8 Å². The van der Waals surface area contributed by atoms with Crippen LogP contribution < -0.4 is 4.74 Å². The Morgan fingerprint density at radius 3 is 2.43 bits per heavy atom. The molecule has 0 saturated carbocycles. The van der Waals surface area contributed by atoms with Crippen molar-refractivity contribution in [2.24, 2.45) is 0 Å². The lowest BCUT2D eigenvalue weighted by Gasteiger charge is -2.01. The Morgan fingerprint density at radius 1 is 1.43 bits per heavy atom. The predicted molar refractivity (Wildman–Crippen MR) is 48.4 cm³/mol. The highest BCUT2D eigenvalue weighted by atomic mass is 16.8. The SMILES string of the molecule is CC1OC1Oc1ccc(C(=O)O)cc1. The van der Waals surface area contributed by atoms with E-state index in [1.165, 1.54) is 12.1 Å². The highest BCUT2D eigenvalue weighted by Gasteiger charge is 2.36. The molecule has 1 heterocycles. The summed E-state index contributed by atoms with van der Waals surface area (Å²) in [5.41, 5.74) is 0.252. The number of epoxide rings is 1. The maximum atomic E-state index is 10.5. The molecule has 0 radical (unpaired) electrons. The van der Waals surface area contributed by atoms with Gasteiger partial charge in [0.25, 0.3) is 0 Å². The standard InChI is InChI=1S/C10H10O4/c1-6-10(13-6)14-8-4-2-7(3-5-8)9(11)12/h2-6,10H,1H3,(H,11,12). The number of carboxylic acids is 1. The molecule has 0 aromatic heterocycles. The molecule has 0 aliphatic carbocycles. The molecule has 1 aliphatic rings. The second kappa shape index (κ2) is 3.31. The van der Waals surface area contributed by atoms with Gasteiger partial charge in [0.05, 0.1) is 5.56 Å². The molecule has 1 saturated heterocycles. The third-order valence-corrected chi connectivity index (χ3v) is 2.01. The molecule has 2 unspecified atom stereocenters. The lowest BCUT2D eigenvalue weighted by molar-refractivity contribution is 0.0697. The zero-order valence-corrected chi connectivity index (χ0v) is 7.64. The Kier molecular flexibility index (Phi) is 2.13. The summed E-state index contributed by atoms with van der Waals surface area (Å²) in [4.78, 5) is 10.5. The van der Waals surface area contributed by atoms with Crippen molar-refractivity contribution in [1.29, 1.82) is 0 Å². The first kappa shape index (κ1) is 9.02. The second-order valence-corrected chi connectivity index (χ2v) is 3.16. The molecule has 1 N–H and O–H groups in total. The summed E-state index contributed by atoms with van der Waals surface area (Å²) in [6.45, 7) is 1.91. The topological polar surface area (TPSA) is 59.1 Å². The van der Waals surface area contributed by atoms with Gasteiger partial charge in [-0.1, -0.05) is 0 Å². The molecule has 4 heteroatoms. The molecule has 1 aromatic carbocycles. The van der Waals surface area contributed by atoms with Crippen molar-refractivity contribution >= 4 is 5.97 Å². The third kappa shape index (κ3) is 1.85. The maximum absolute atomic E-state index is 10.5. The molecule has 14 heavy (non-hydrogen) atoms. The van der Waals surface area contributed by atoms with Crippen molar-refractivity contribution in [3.8, 4) is 5.75 Å². The number of benzene rings is 1. The Hall–Kier alpha value is -1.55. The number of carbonyl (C=O) groups is 1. The quantitative estimate of drug-likeness (QED) is 0.741. The first-order valence-corrected chi connectivity index (χ1v) is 4.32. The lowest BCUT2D eigenvalue weighted by atomic mass is 10.2. The first-order chi connectivity index (χ1) is 6.66. The van der Waals surface area contributed by atoms with E-state index in [-0.39, 0.29) is 18.0 Å². The van der Waals surface area contributed by atoms with Gasteiger partial charge in [0.2, 0.25) is 6.29 Å². The van der Waals surface area contributed by atoms with Crippen LogP contribution in [0.3, 0.4) is 0 Å². The fourth-order valence-corrected chi connectivity index (χ4v) is 1.10. The molecule has 2 rings (SSSR count). The number of carboxylic acid groups (broad SMARTS) is 1. The van der Waals surface area contributed by atoms with Gasteiger partial charge < -0.3 is 14.6 Å². The fourth-order valence-electron chi connectivity index (χ4n) is 1.10. The molecule has 74 valence electrons. The van der Waals surface area contributed by atoms with Crippen LogP contribution in [0, 0.1) is 0 Å². The van der Waals surface area contributed by atoms with E-state index in [0.29, 0.717) is 5.75 Å². The average Bonchev–Trinajstić information content (AvgIpc) is 2.82. The van der Waals surface area contributed by atoms with Gasteiger partial charge in [-0.2, -0.15) is 0 Å². The van der Waals surface area contributed by atoms with Crippen LogP contribution in [-0.4, -0.2) is 23.5 Å². The molecule has 1 fully saturated rings. The van der Waals surface area contributed by atoms with E-state index in [2.05, 4.69) is 0 Å². The Morgan fingerprint density at radius 2 is 2.00 bits per heavy atom. The highest BCUT2D eigenvalue weighted by molar-refractivity contribution is 5.87. The fraction of sp³-hybridized carbons (Fsp3) is 0.300. The van der Waals surface area contributed by atoms with Crippen LogP contribution in [0.15, 0.2) is 24.3 Å². The monoisotopic (exact) mass is 194 g/mol. The molecular formula is C10H10O4. The zero-order valence-electron chi connectivity index (χ0n) is 7.64. The van der Waals surface area contributed by atoms with E-state index in [1.807, 2.05) is 6.92 Å². The molecule has 4 nitrogen and oxygen atoms in total. The van der Waals surface area contributed by atoms with Crippen LogP contribution in [0.2, 0.25) is 0 Å². The predicted octanol–water partition coefficient (Wildman–Crippen LogP) is 1.51. The van der Waals surface area contributed by atoms with Crippen LogP contribution >= 0.6 is 0 Å². The van der Waals surface area contributed by atoms with Crippen molar-refractivity contribution in [1.82, 2.24) is 0 Å². The van der Waals surface area contributed by atoms with Gasteiger partial charge in [-0.3, -0.25) is 0 Å². The van der Waals surface area contributed by atoms with Crippen LogP contribution in [0.25, 0.3) is 0 Å². The first-order valence-electron chi connectivity index (χ1n) is 4.32. The highest BCUT2D eigenvalue weighted by Crippen LogP contribution is 2.25. The second-order valence-electron chi connectivity index (χ2n) is 3.16. The molecule has 0 spiro atoms. The number of hydrogen-bond donors (Lipinski definition) is 1. The third-order valence-electron chi connectivity index (χ3n) is 2.01. The molecular weight excluding hydrogens is 184 g/mol. The summed E-state index contributed by atoms with van der Waals surface area (Å²) in [6.07, 6.45) is -0.0418. The smallest absolute Gasteiger partial charge is 0.335 e. The Bertz CT molecular complexity index is 344. The largest absolute Gasteiger partial charge is 0.478 e. The van der Waals surface area contributed by atoms with Gasteiger partial charge in [0.15, 0.2) is 0 Å². The van der Waals surface area contributed by atoms with Crippen molar-refractivity contribution < 1.29 is 19.4 Å². The van der Waals surface area contributed by atoms with Gasteiger partial charge in [-0.25, -0.2) is 4.79 Å². The van der Waals surface area contributed by atoms with Gasteiger partial charge in [0.1, 0.15) is 11.9 Å². The van der Waals surface area contributed by atoms with Gasteiger partial charge in [-0.05, 0) is 31.2 Å². The minimum absolute atomic E-state index is 0.133. The molecule has 1 aromatic rings. The maximum Gasteiger partial charge on any atom is 0.335 e. The van der Waals surface area contributed by atoms with Crippen LogP contribution in [0.4, 0.5) is 0 Å². The number of hydrogen-bond acceptors (Lipinski definition) is 3. The van der Waals surface area contributed by atoms with E-state index in [1.54, 1.807) is 12.1 Å². The number of aromatic carboxylic acids is 1. The molecule has 0 amide bonds. The van der Waals surface area contributed by atoms with Crippen LogP contribution in [0.1, 0.15) is 17.3 Å². The minimum Gasteiger partial charge on any atom is -0.478 e. The average molecular weight is 194 g/mol. The Balaban J connectivity index is 2.02. The number of ether oxygens (including phenoxy) is 2. The molecule has 0 bridgehead atoms. The van der Waals surface area contributed by atoms with Crippen molar-refractivity contribution in [2.45, 2.75) is 19.3 Å². The summed E-state index contributed by atoms with van der Waals surface area (Å²) in [5, 5.41) is 8.65.